The molecule has 0 aromatic carbocycles. The maximum absolute atomic E-state index is 11.8. The lowest BCUT2D eigenvalue weighted by Gasteiger charge is -2.27. The molecule has 0 aliphatic carbocycles. The number of amides is 1. The summed E-state index contributed by atoms with van der Waals surface area (Å²) >= 11 is 0. The normalized spacial score (nSPS) is 15.6. The van der Waals surface area contributed by atoms with Crippen LogP contribution < -0.4 is 5.32 Å². The Labute approximate surface area is 98.4 Å². The minimum Gasteiger partial charge on any atom is -0.388 e. The standard InChI is InChI=1S/C12H25NO3/c1-6-11(2,3)10(14)13-9-12(4,15)7-8-16-5/h15H,6-9H2,1-5H3,(H,13,14). The van der Waals surface area contributed by atoms with Crippen LogP contribution >= 0.6 is 0 Å². The average Bonchev–Trinajstić information content (AvgIpc) is 2.23. The fourth-order valence-electron chi connectivity index (χ4n) is 1.08. The zero-order valence-corrected chi connectivity index (χ0v) is 11.1. The predicted molar refractivity (Wildman–Crippen MR) is 64.2 cm³/mol. The molecule has 1 unspecified atom stereocenters. The van der Waals surface area contributed by atoms with Crippen LogP contribution in [0.3, 0.4) is 0 Å². The molecule has 16 heavy (non-hydrogen) atoms. The Morgan fingerprint density at radius 1 is 1.38 bits per heavy atom. The maximum Gasteiger partial charge on any atom is 0.225 e. The fraction of sp³-hybridized carbons (Fsp3) is 0.917. The number of methoxy groups -OCH3 is 1. The molecule has 0 aliphatic heterocycles. The van der Waals surface area contributed by atoms with Gasteiger partial charge < -0.3 is 15.2 Å². The smallest absolute Gasteiger partial charge is 0.225 e. The van der Waals surface area contributed by atoms with E-state index < -0.39 is 5.60 Å². The number of nitrogens with one attached hydrogen (secondary N) is 1. The molecule has 0 bridgehead atoms. The highest BCUT2D eigenvalue weighted by Crippen LogP contribution is 2.19. The second kappa shape index (κ2) is 6.21. The van der Waals surface area contributed by atoms with E-state index in [-0.39, 0.29) is 17.9 Å². The molecule has 1 atom stereocenters. The zero-order valence-electron chi connectivity index (χ0n) is 11.1. The van der Waals surface area contributed by atoms with Crippen molar-refractivity contribution in [2.45, 2.75) is 46.1 Å². The molecule has 4 nitrogen and oxygen atoms in total. The van der Waals surface area contributed by atoms with Crippen molar-refractivity contribution in [2.24, 2.45) is 5.41 Å². The van der Waals surface area contributed by atoms with E-state index in [1.54, 1.807) is 14.0 Å². The van der Waals surface area contributed by atoms with E-state index in [1.165, 1.54) is 0 Å². The lowest BCUT2D eigenvalue weighted by atomic mass is 9.89. The fourth-order valence-corrected chi connectivity index (χ4v) is 1.08. The van der Waals surface area contributed by atoms with Crippen molar-refractivity contribution >= 4 is 5.91 Å². The van der Waals surface area contributed by atoms with Crippen LogP contribution in [0.15, 0.2) is 0 Å². The van der Waals surface area contributed by atoms with Crippen LogP contribution in [0, 0.1) is 5.41 Å². The maximum atomic E-state index is 11.8. The first-order valence-electron chi connectivity index (χ1n) is 5.75. The van der Waals surface area contributed by atoms with Gasteiger partial charge in [-0.1, -0.05) is 20.8 Å². The minimum absolute atomic E-state index is 0.0207. The Kier molecular flexibility index (Phi) is 5.97. The van der Waals surface area contributed by atoms with Crippen LogP contribution in [0.25, 0.3) is 0 Å². The van der Waals surface area contributed by atoms with Gasteiger partial charge in [-0.3, -0.25) is 4.79 Å². The summed E-state index contributed by atoms with van der Waals surface area (Å²) in [5.74, 6) is -0.0207. The summed E-state index contributed by atoms with van der Waals surface area (Å²) in [6.45, 7) is 8.21. The Bertz CT molecular complexity index is 224. The number of hydrogen-bond acceptors (Lipinski definition) is 3. The van der Waals surface area contributed by atoms with Crippen molar-refractivity contribution in [1.29, 1.82) is 0 Å². The third-order valence-electron chi connectivity index (χ3n) is 2.97. The van der Waals surface area contributed by atoms with Gasteiger partial charge in [0.15, 0.2) is 0 Å². The van der Waals surface area contributed by atoms with Gasteiger partial charge in [-0.25, -0.2) is 0 Å². The first-order valence-corrected chi connectivity index (χ1v) is 5.75. The van der Waals surface area contributed by atoms with Crippen molar-refractivity contribution in [3.8, 4) is 0 Å². The minimum atomic E-state index is -0.907. The molecule has 0 heterocycles. The summed E-state index contributed by atoms with van der Waals surface area (Å²) in [7, 11) is 1.59. The van der Waals surface area contributed by atoms with Crippen LogP contribution in [-0.2, 0) is 9.53 Å². The van der Waals surface area contributed by atoms with Gasteiger partial charge in [-0.15, -0.1) is 0 Å². The van der Waals surface area contributed by atoms with Gasteiger partial charge in [0.2, 0.25) is 5.91 Å². The number of carbonyl (C=O) groups is 1. The Balaban J connectivity index is 4.09. The second-order valence-electron chi connectivity index (χ2n) is 5.16. The summed E-state index contributed by atoms with van der Waals surface area (Å²) < 4.78 is 4.90. The SMILES string of the molecule is CCC(C)(C)C(=O)NCC(C)(O)CCOC. The van der Waals surface area contributed by atoms with Crippen molar-refractivity contribution in [2.75, 3.05) is 20.3 Å². The van der Waals surface area contributed by atoms with E-state index in [4.69, 9.17) is 4.74 Å². The summed E-state index contributed by atoms with van der Waals surface area (Å²) in [4.78, 5) is 11.8. The van der Waals surface area contributed by atoms with E-state index in [0.717, 1.165) is 6.42 Å². The van der Waals surface area contributed by atoms with Gasteiger partial charge in [0.1, 0.15) is 0 Å². The molecule has 0 saturated carbocycles. The van der Waals surface area contributed by atoms with Crippen LogP contribution in [-0.4, -0.2) is 36.9 Å². The van der Waals surface area contributed by atoms with Gasteiger partial charge in [-0.05, 0) is 13.3 Å². The topological polar surface area (TPSA) is 58.6 Å². The average molecular weight is 231 g/mol. The molecular weight excluding hydrogens is 206 g/mol. The summed E-state index contributed by atoms with van der Waals surface area (Å²) in [6, 6.07) is 0. The van der Waals surface area contributed by atoms with Crippen LogP contribution in [0.1, 0.15) is 40.5 Å². The molecule has 0 radical (unpaired) electrons. The molecule has 1 amide bonds. The molecule has 0 aliphatic rings. The number of carbonyl (C=O) groups excluding carboxylic acids is 1. The van der Waals surface area contributed by atoms with Crippen LogP contribution in [0.4, 0.5) is 0 Å². The molecule has 0 fully saturated rings. The molecule has 0 aromatic heterocycles. The number of hydrogen-bond donors (Lipinski definition) is 2. The van der Waals surface area contributed by atoms with E-state index in [0.29, 0.717) is 13.0 Å². The van der Waals surface area contributed by atoms with Crippen LogP contribution in [0.5, 0.6) is 0 Å². The quantitative estimate of drug-likeness (QED) is 0.695. The molecule has 0 spiro atoms. The lowest BCUT2D eigenvalue weighted by Crippen LogP contribution is -2.45. The molecule has 0 saturated heterocycles. The largest absolute Gasteiger partial charge is 0.388 e. The van der Waals surface area contributed by atoms with Gasteiger partial charge in [0.05, 0.1) is 5.60 Å². The van der Waals surface area contributed by atoms with Gasteiger partial charge in [0.25, 0.3) is 0 Å². The second-order valence-corrected chi connectivity index (χ2v) is 5.16. The summed E-state index contributed by atoms with van der Waals surface area (Å²) in [5.41, 5.74) is -1.28. The lowest BCUT2D eigenvalue weighted by molar-refractivity contribution is -0.130. The van der Waals surface area contributed by atoms with E-state index in [2.05, 4.69) is 5.32 Å². The highest BCUT2D eigenvalue weighted by atomic mass is 16.5. The zero-order chi connectivity index (χ0) is 12.8. The predicted octanol–water partition coefficient (Wildman–Crippen LogP) is 1.33. The van der Waals surface area contributed by atoms with E-state index >= 15 is 0 Å². The highest BCUT2D eigenvalue weighted by Gasteiger charge is 2.28. The number of rotatable bonds is 7. The third-order valence-corrected chi connectivity index (χ3v) is 2.97. The Morgan fingerprint density at radius 2 is 1.94 bits per heavy atom. The van der Waals surface area contributed by atoms with Crippen LogP contribution in [0.2, 0.25) is 0 Å². The third kappa shape index (κ3) is 5.47. The Hall–Kier alpha value is -0.610. The first-order chi connectivity index (χ1) is 7.25. The molecule has 0 aromatic rings. The molecule has 0 rings (SSSR count). The van der Waals surface area contributed by atoms with Gasteiger partial charge in [0, 0.05) is 32.1 Å². The van der Waals surface area contributed by atoms with Gasteiger partial charge >= 0.3 is 0 Å². The van der Waals surface area contributed by atoms with Crippen molar-refractivity contribution in [3.63, 3.8) is 0 Å². The van der Waals surface area contributed by atoms with Crippen molar-refractivity contribution in [3.05, 3.63) is 0 Å². The van der Waals surface area contributed by atoms with Crippen molar-refractivity contribution in [1.82, 2.24) is 5.32 Å². The molecular formula is C12H25NO3. The summed E-state index contributed by atoms with van der Waals surface area (Å²) in [6.07, 6.45) is 1.29. The van der Waals surface area contributed by atoms with E-state index in [9.17, 15) is 9.90 Å². The number of ether oxygens (including phenoxy) is 1. The summed E-state index contributed by atoms with van der Waals surface area (Å²) in [5, 5.41) is 12.7. The first kappa shape index (κ1) is 15.4. The van der Waals surface area contributed by atoms with E-state index in [1.807, 2.05) is 20.8 Å². The van der Waals surface area contributed by atoms with Gasteiger partial charge in [-0.2, -0.15) is 0 Å². The Morgan fingerprint density at radius 3 is 2.38 bits per heavy atom. The van der Waals surface area contributed by atoms with Crippen molar-refractivity contribution < 1.29 is 14.6 Å². The molecule has 2 N–H and O–H groups in total. The molecule has 4 heteroatoms. The highest BCUT2D eigenvalue weighted by molar-refractivity contribution is 5.81. The number of aliphatic hydroxyl groups is 1. The monoisotopic (exact) mass is 231 g/mol. The molecule has 96 valence electrons.